The summed E-state index contributed by atoms with van der Waals surface area (Å²) in [5.74, 6) is 0.306. The lowest BCUT2D eigenvalue weighted by Crippen LogP contribution is -2.43. The van der Waals surface area contributed by atoms with Crippen molar-refractivity contribution in [2.75, 3.05) is 36.8 Å². The molecule has 1 saturated heterocycles. The van der Waals surface area contributed by atoms with E-state index >= 15 is 0 Å². The van der Waals surface area contributed by atoms with Crippen LogP contribution < -0.4 is 21.3 Å². The number of thiazole rings is 1. The molecule has 1 saturated carbocycles. The molecule has 1 aliphatic carbocycles. The second kappa shape index (κ2) is 6.62. The number of nitrogen functional groups attached to an aromatic ring is 1. The van der Waals surface area contributed by atoms with E-state index in [9.17, 15) is 4.79 Å². The molecule has 0 spiro atoms. The third-order valence-electron chi connectivity index (χ3n) is 4.18. The zero-order valence-corrected chi connectivity index (χ0v) is 13.0. The van der Waals surface area contributed by atoms with Crippen LogP contribution in [0.1, 0.15) is 41.8 Å². The van der Waals surface area contributed by atoms with E-state index in [2.05, 4.69) is 20.5 Å². The summed E-state index contributed by atoms with van der Waals surface area (Å²) in [7, 11) is 0. The Morgan fingerprint density at radius 2 is 2.00 bits per heavy atom. The lowest BCUT2D eigenvalue weighted by atomic mass is 9.95. The quantitative estimate of drug-likeness (QED) is 0.781. The fourth-order valence-electron chi connectivity index (χ4n) is 2.97. The molecule has 0 aromatic carbocycles. The molecule has 0 unspecified atom stereocenters. The number of carbonyl (C=O) groups is 1. The van der Waals surface area contributed by atoms with Gasteiger partial charge in [-0.3, -0.25) is 4.79 Å². The summed E-state index contributed by atoms with van der Waals surface area (Å²) in [6.45, 7) is 3.72. The van der Waals surface area contributed by atoms with Crippen molar-refractivity contribution in [2.24, 2.45) is 0 Å². The molecule has 2 fully saturated rings. The maximum absolute atomic E-state index is 12.4. The molecular formula is C14H23N5OS. The SMILES string of the molecule is Nc1nc(N2CCNCC2)sc1C(=O)NC1CCCCC1. The predicted octanol–water partition coefficient (Wildman–Crippen LogP) is 1.20. The lowest BCUT2D eigenvalue weighted by molar-refractivity contribution is 0.0932. The lowest BCUT2D eigenvalue weighted by Gasteiger charge is -2.26. The van der Waals surface area contributed by atoms with E-state index in [4.69, 9.17) is 5.73 Å². The molecule has 2 heterocycles. The van der Waals surface area contributed by atoms with Crippen molar-refractivity contribution < 1.29 is 4.79 Å². The van der Waals surface area contributed by atoms with Crippen LogP contribution in [-0.2, 0) is 0 Å². The molecule has 6 nitrogen and oxygen atoms in total. The van der Waals surface area contributed by atoms with Crippen LogP contribution >= 0.6 is 11.3 Å². The molecule has 1 aliphatic heterocycles. The number of aromatic nitrogens is 1. The number of hydrogen-bond acceptors (Lipinski definition) is 6. The van der Waals surface area contributed by atoms with Crippen LogP contribution in [0.5, 0.6) is 0 Å². The molecule has 4 N–H and O–H groups in total. The van der Waals surface area contributed by atoms with Crippen LogP contribution in [0.4, 0.5) is 10.9 Å². The van der Waals surface area contributed by atoms with E-state index in [1.165, 1.54) is 30.6 Å². The second-order valence-electron chi connectivity index (χ2n) is 5.76. The average molecular weight is 309 g/mol. The minimum Gasteiger partial charge on any atom is -0.382 e. The fraction of sp³-hybridized carbons (Fsp3) is 0.714. The third kappa shape index (κ3) is 3.47. The number of hydrogen-bond donors (Lipinski definition) is 3. The van der Waals surface area contributed by atoms with Gasteiger partial charge >= 0.3 is 0 Å². The van der Waals surface area contributed by atoms with Gasteiger partial charge in [-0.25, -0.2) is 4.98 Å². The van der Waals surface area contributed by atoms with Gasteiger partial charge in [-0.15, -0.1) is 0 Å². The minimum atomic E-state index is -0.0571. The Bertz CT molecular complexity index is 492. The van der Waals surface area contributed by atoms with Crippen LogP contribution in [-0.4, -0.2) is 43.1 Å². The Hall–Kier alpha value is -1.34. The summed E-state index contributed by atoms with van der Waals surface area (Å²) >= 11 is 1.41. The van der Waals surface area contributed by atoms with E-state index < -0.39 is 0 Å². The molecule has 2 aliphatic rings. The van der Waals surface area contributed by atoms with Crippen molar-refractivity contribution in [3.05, 3.63) is 4.88 Å². The van der Waals surface area contributed by atoms with Crippen LogP contribution in [0.15, 0.2) is 0 Å². The topological polar surface area (TPSA) is 83.3 Å². The standard InChI is InChI=1S/C14H23N5OS/c15-12-11(13(20)17-10-4-2-1-3-5-10)21-14(18-12)19-8-6-16-7-9-19/h10,16H,1-9,15H2,(H,17,20). The van der Waals surface area contributed by atoms with Gasteiger partial charge in [0.25, 0.3) is 5.91 Å². The van der Waals surface area contributed by atoms with Gasteiger partial charge in [-0.05, 0) is 12.8 Å². The maximum atomic E-state index is 12.4. The van der Waals surface area contributed by atoms with E-state index in [1.807, 2.05) is 0 Å². The monoisotopic (exact) mass is 309 g/mol. The number of nitrogens with two attached hydrogens (primary N) is 1. The smallest absolute Gasteiger partial charge is 0.265 e. The first-order valence-corrected chi connectivity index (χ1v) is 8.58. The number of nitrogens with zero attached hydrogens (tertiary/aromatic N) is 2. The summed E-state index contributed by atoms with van der Waals surface area (Å²) in [6, 6.07) is 0.301. The Morgan fingerprint density at radius 3 is 2.71 bits per heavy atom. The summed E-state index contributed by atoms with van der Waals surface area (Å²) < 4.78 is 0. The Kier molecular flexibility index (Phi) is 4.60. The molecule has 3 rings (SSSR count). The van der Waals surface area contributed by atoms with Crippen molar-refractivity contribution in [3.63, 3.8) is 0 Å². The van der Waals surface area contributed by atoms with Gasteiger partial charge in [0.15, 0.2) is 5.13 Å². The Balaban J connectivity index is 1.66. The number of nitrogens with one attached hydrogen (secondary N) is 2. The summed E-state index contributed by atoms with van der Waals surface area (Å²) in [5, 5.41) is 7.28. The van der Waals surface area contributed by atoms with E-state index in [-0.39, 0.29) is 5.91 Å². The van der Waals surface area contributed by atoms with Gasteiger partial charge in [0, 0.05) is 32.2 Å². The highest BCUT2D eigenvalue weighted by atomic mass is 32.1. The van der Waals surface area contributed by atoms with Crippen molar-refractivity contribution in [2.45, 2.75) is 38.1 Å². The normalized spacial score (nSPS) is 20.5. The van der Waals surface area contributed by atoms with Crippen molar-refractivity contribution in [3.8, 4) is 0 Å². The van der Waals surface area contributed by atoms with E-state index in [1.54, 1.807) is 0 Å². The largest absolute Gasteiger partial charge is 0.382 e. The van der Waals surface area contributed by atoms with Gasteiger partial charge in [0.05, 0.1) is 0 Å². The first kappa shape index (κ1) is 14.6. The molecule has 7 heteroatoms. The highest BCUT2D eigenvalue weighted by Gasteiger charge is 2.23. The molecule has 0 bridgehead atoms. The summed E-state index contributed by atoms with van der Waals surface area (Å²) in [4.78, 5) is 19.5. The Morgan fingerprint density at radius 1 is 1.29 bits per heavy atom. The highest BCUT2D eigenvalue weighted by molar-refractivity contribution is 7.18. The molecule has 0 atom stereocenters. The molecule has 1 amide bonds. The summed E-state index contributed by atoms with van der Waals surface area (Å²) in [5.41, 5.74) is 5.95. The maximum Gasteiger partial charge on any atom is 0.265 e. The van der Waals surface area contributed by atoms with Crippen molar-refractivity contribution >= 4 is 28.2 Å². The zero-order chi connectivity index (χ0) is 14.7. The third-order valence-corrected chi connectivity index (χ3v) is 5.31. The van der Waals surface area contributed by atoms with Gasteiger partial charge in [-0.2, -0.15) is 0 Å². The zero-order valence-electron chi connectivity index (χ0n) is 12.2. The molecule has 1 aromatic heterocycles. The number of carbonyl (C=O) groups excluding carboxylic acids is 1. The molecule has 116 valence electrons. The van der Waals surface area contributed by atoms with Gasteiger partial charge in [0.1, 0.15) is 10.7 Å². The van der Waals surface area contributed by atoms with Gasteiger partial charge in [-0.1, -0.05) is 30.6 Å². The fourth-order valence-corrected chi connectivity index (χ4v) is 3.91. The van der Waals surface area contributed by atoms with E-state index in [0.717, 1.165) is 44.2 Å². The first-order valence-electron chi connectivity index (χ1n) is 7.77. The number of amides is 1. The van der Waals surface area contributed by atoms with Crippen LogP contribution in [0, 0.1) is 0 Å². The first-order chi connectivity index (χ1) is 10.2. The minimum absolute atomic E-state index is 0.0571. The Labute approximate surface area is 129 Å². The molecule has 0 radical (unpaired) electrons. The number of anilines is 2. The van der Waals surface area contributed by atoms with Crippen LogP contribution in [0.3, 0.4) is 0 Å². The van der Waals surface area contributed by atoms with Gasteiger partial charge < -0.3 is 21.3 Å². The average Bonchev–Trinajstić information content (AvgIpc) is 2.91. The summed E-state index contributed by atoms with van der Waals surface area (Å²) in [6.07, 6.45) is 5.84. The van der Waals surface area contributed by atoms with Crippen LogP contribution in [0.25, 0.3) is 0 Å². The van der Waals surface area contributed by atoms with Crippen molar-refractivity contribution in [1.29, 1.82) is 0 Å². The number of piperazine rings is 1. The van der Waals surface area contributed by atoms with Crippen molar-refractivity contribution in [1.82, 2.24) is 15.6 Å². The second-order valence-corrected chi connectivity index (χ2v) is 6.73. The van der Waals surface area contributed by atoms with Gasteiger partial charge in [0.2, 0.25) is 0 Å². The van der Waals surface area contributed by atoms with E-state index in [0.29, 0.717) is 16.7 Å². The molecule has 1 aromatic rings. The highest BCUT2D eigenvalue weighted by Crippen LogP contribution is 2.29. The molecular weight excluding hydrogens is 286 g/mol. The number of rotatable bonds is 3. The van der Waals surface area contributed by atoms with Crippen LogP contribution in [0.2, 0.25) is 0 Å². The predicted molar refractivity (Wildman–Crippen MR) is 85.9 cm³/mol. The molecule has 21 heavy (non-hydrogen) atoms.